The molecule has 1 N–H and O–H groups in total. The lowest BCUT2D eigenvalue weighted by atomic mass is 10.0. The first kappa shape index (κ1) is 12.4. The maximum absolute atomic E-state index is 3.45. The van der Waals surface area contributed by atoms with E-state index in [9.17, 15) is 0 Å². The first-order valence-corrected chi connectivity index (χ1v) is 6.80. The maximum atomic E-state index is 3.45. The molecule has 94 valence electrons. The van der Waals surface area contributed by atoms with Crippen molar-refractivity contribution >= 4 is 5.69 Å². The lowest BCUT2D eigenvalue weighted by Gasteiger charge is -2.23. The van der Waals surface area contributed by atoms with Crippen LogP contribution in [0.4, 0.5) is 5.69 Å². The fraction of sp³-hybridized carbons (Fsp3) is 0.600. The molecule has 0 amide bonds. The molecule has 1 heterocycles. The topological polar surface area (TPSA) is 15.3 Å². The monoisotopic (exact) mass is 232 g/mol. The highest BCUT2D eigenvalue weighted by molar-refractivity contribution is 5.48. The van der Waals surface area contributed by atoms with Crippen LogP contribution in [0.2, 0.25) is 0 Å². The summed E-state index contributed by atoms with van der Waals surface area (Å²) in [5, 5.41) is 3.45. The lowest BCUT2D eigenvalue weighted by molar-refractivity contribution is 0.647. The highest BCUT2D eigenvalue weighted by Gasteiger charge is 2.09. The molecular formula is C15H24N2. The van der Waals surface area contributed by atoms with Crippen molar-refractivity contribution in [3.05, 3.63) is 29.8 Å². The van der Waals surface area contributed by atoms with Crippen molar-refractivity contribution in [1.29, 1.82) is 0 Å². The molecule has 2 rings (SSSR count). The van der Waals surface area contributed by atoms with Gasteiger partial charge < -0.3 is 10.2 Å². The number of nitrogens with zero attached hydrogens (tertiary/aromatic N) is 1. The minimum absolute atomic E-state index is 0.732. The highest BCUT2D eigenvalue weighted by atomic mass is 15.2. The summed E-state index contributed by atoms with van der Waals surface area (Å²) in [7, 11) is 0. The van der Waals surface area contributed by atoms with Gasteiger partial charge in [0.1, 0.15) is 0 Å². The number of hydrogen-bond donors (Lipinski definition) is 1. The van der Waals surface area contributed by atoms with Gasteiger partial charge in [0.25, 0.3) is 0 Å². The van der Waals surface area contributed by atoms with E-state index in [1.807, 2.05) is 0 Å². The van der Waals surface area contributed by atoms with Gasteiger partial charge in [-0.3, -0.25) is 0 Å². The molecule has 2 nitrogen and oxygen atoms in total. The van der Waals surface area contributed by atoms with Gasteiger partial charge in [0, 0.05) is 25.3 Å². The Labute approximate surface area is 105 Å². The SMILES string of the molecule is CC(C)Cc1cccc(N2CCCNCC2)c1. The third-order valence-corrected chi connectivity index (χ3v) is 3.26. The molecule has 2 heteroatoms. The Morgan fingerprint density at radius 3 is 2.94 bits per heavy atom. The first-order chi connectivity index (χ1) is 8.25. The predicted octanol–water partition coefficient (Wildman–Crippen LogP) is 2.68. The predicted molar refractivity (Wildman–Crippen MR) is 74.7 cm³/mol. The molecule has 1 aliphatic heterocycles. The molecule has 0 radical (unpaired) electrons. The second-order valence-corrected chi connectivity index (χ2v) is 5.36. The van der Waals surface area contributed by atoms with E-state index in [-0.39, 0.29) is 0 Å². The summed E-state index contributed by atoms with van der Waals surface area (Å²) in [6.45, 7) is 9.13. The van der Waals surface area contributed by atoms with Crippen LogP contribution in [-0.4, -0.2) is 26.2 Å². The average molecular weight is 232 g/mol. The van der Waals surface area contributed by atoms with Crippen molar-refractivity contribution in [2.24, 2.45) is 5.92 Å². The number of rotatable bonds is 3. The van der Waals surface area contributed by atoms with Gasteiger partial charge in [0.05, 0.1) is 0 Å². The molecule has 0 aliphatic carbocycles. The Kier molecular flexibility index (Phi) is 4.43. The zero-order chi connectivity index (χ0) is 12.1. The van der Waals surface area contributed by atoms with E-state index in [2.05, 4.69) is 48.3 Å². The van der Waals surface area contributed by atoms with Crippen LogP contribution in [0.15, 0.2) is 24.3 Å². The molecule has 0 unspecified atom stereocenters. The Morgan fingerprint density at radius 2 is 2.12 bits per heavy atom. The molecule has 1 saturated heterocycles. The zero-order valence-electron chi connectivity index (χ0n) is 11.1. The van der Waals surface area contributed by atoms with Gasteiger partial charge in [-0.2, -0.15) is 0 Å². The van der Waals surface area contributed by atoms with Crippen LogP contribution in [0.5, 0.6) is 0 Å². The van der Waals surface area contributed by atoms with Crippen LogP contribution in [0.25, 0.3) is 0 Å². The molecule has 0 bridgehead atoms. The van der Waals surface area contributed by atoms with Gasteiger partial charge >= 0.3 is 0 Å². The minimum atomic E-state index is 0.732. The summed E-state index contributed by atoms with van der Waals surface area (Å²) in [5.74, 6) is 0.732. The second kappa shape index (κ2) is 6.06. The molecular weight excluding hydrogens is 208 g/mol. The number of anilines is 1. The Hall–Kier alpha value is -1.02. The zero-order valence-corrected chi connectivity index (χ0v) is 11.1. The van der Waals surface area contributed by atoms with Crippen LogP contribution in [0.3, 0.4) is 0 Å². The number of nitrogens with one attached hydrogen (secondary N) is 1. The van der Waals surface area contributed by atoms with Gasteiger partial charge in [-0.25, -0.2) is 0 Å². The summed E-state index contributed by atoms with van der Waals surface area (Å²) < 4.78 is 0. The molecule has 0 aromatic heterocycles. The number of hydrogen-bond acceptors (Lipinski definition) is 2. The Bertz CT molecular complexity index is 339. The Balaban J connectivity index is 2.08. The van der Waals surface area contributed by atoms with Crippen LogP contribution in [0, 0.1) is 5.92 Å². The van der Waals surface area contributed by atoms with Gasteiger partial charge in [-0.1, -0.05) is 26.0 Å². The molecule has 1 aromatic carbocycles. The average Bonchev–Trinajstić information content (AvgIpc) is 2.57. The minimum Gasteiger partial charge on any atom is -0.370 e. The van der Waals surface area contributed by atoms with Gasteiger partial charge in [0.2, 0.25) is 0 Å². The van der Waals surface area contributed by atoms with Crippen LogP contribution in [0.1, 0.15) is 25.8 Å². The summed E-state index contributed by atoms with van der Waals surface area (Å²) in [4.78, 5) is 2.50. The second-order valence-electron chi connectivity index (χ2n) is 5.36. The summed E-state index contributed by atoms with van der Waals surface area (Å²) in [6.07, 6.45) is 2.42. The van der Waals surface area contributed by atoms with Crippen molar-refractivity contribution in [3.8, 4) is 0 Å². The van der Waals surface area contributed by atoms with Crippen molar-refractivity contribution in [1.82, 2.24) is 5.32 Å². The van der Waals surface area contributed by atoms with Crippen molar-refractivity contribution in [2.75, 3.05) is 31.1 Å². The van der Waals surface area contributed by atoms with Crippen molar-refractivity contribution < 1.29 is 0 Å². The molecule has 0 atom stereocenters. The van der Waals surface area contributed by atoms with E-state index >= 15 is 0 Å². The van der Waals surface area contributed by atoms with Gasteiger partial charge in [-0.15, -0.1) is 0 Å². The third-order valence-electron chi connectivity index (χ3n) is 3.26. The Morgan fingerprint density at radius 1 is 1.24 bits per heavy atom. The van der Waals surface area contributed by atoms with Crippen LogP contribution >= 0.6 is 0 Å². The standard InChI is InChI=1S/C15H24N2/c1-13(2)11-14-5-3-6-15(12-14)17-9-4-7-16-8-10-17/h3,5-6,12-13,16H,4,7-11H2,1-2H3. The molecule has 1 fully saturated rings. The van der Waals surface area contributed by atoms with E-state index in [1.54, 1.807) is 0 Å². The number of benzene rings is 1. The fourth-order valence-electron chi connectivity index (χ4n) is 2.46. The highest BCUT2D eigenvalue weighted by Crippen LogP contribution is 2.19. The summed E-state index contributed by atoms with van der Waals surface area (Å²) >= 11 is 0. The molecule has 17 heavy (non-hydrogen) atoms. The quantitative estimate of drug-likeness (QED) is 0.862. The van der Waals surface area contributed by atoms with E-state index in [4.69, 9.17) is 0 Å². The van der Waals surface area contributed by atoms with Crippen molar-refractivity contribution in [3.63, 3.8) is 0 Å². The largest absolute Gasteiger partial charge is 0.370 e. The molecule has 1 aromatic rings. The van der Waals surface area contributed by atoms with E-state index < -0.39 is 0 Å². The van der Waals surface area contributed by atoms with E-state index in [0.717, 1.165) is 25.6 Å². The first-order valence-electron chi connectivity index (χ1n) is 6.80. The maximum Gasteiger partial charge on any atom is 0.0369 e. The van der Waals surface area contributed by atoms with Crippen LogP contribution in [-0.2, 0) is 6.42 Å². The molecule has 0 saturated carbocycles. The third kappa shape index (κ3) is 3.74. The summed E-state index contributed by atoms with van der Waals surface area (Å²) in [6, 6.07) is 9.06. The van der Waals surface area contributed by atoms with Gasteiger partial charge in [0.15, 0.2) is 0 Å². The molecule has 0 spiro atoms. The normalized spacial score (nSPS) is 17.2. The van der Waals surface area contributed by atoms with E-state index in [0.29, 0.717) is 0 Å². The van der Waals surface area contributed by atoms with E-state index in [1.165, 1.54) is 30.6 Å². The van der Waals surface area contributed by atoms with Gasteiger partial charge in [-0.05, 0) is 43.0 Å². The smallest absolute Gasteiger partial charge is 0.0369 e. The lowest BCUT2D eigenvalue weighted by Crippen LogP contribution is -2.27. The van der Waals surface area contributed by atoms with Crippen molar-refractivity contribution in [2.45, 2.75) is 26.7 Å². The fourth-order valence-corrected chi connectivity index (χ4v) is 2.46. The molecule has 1 aliphatic rings. The summed E-state index contributed by atoms with van der Waals surface area (Å²) in [5.41, 5.74) is 2.86. The van der Waals surface area contributed by atoms with Crippen LogP contribution < -0.4 is 10.2 Å².